The molecular formula is C17H15N3O4S. The molecule has 3 heterocycles. The van der Waals surface area contributed by atoms with Gasteiger partial charge < -0.3 is 9.42 Å². The number of hydrogen-bond acceptors (Lipinski definition) is 6. The quantitative estimate of drug-likeness (QED) is 0.520. The van der Waals surface area contributed by atoms with Crippen LogP contribution in [0.15, 0.2) is 34.9 Å². The Morgan fingerprint density at radius 1 is 1.40 bits per heavy atom. The molecule has 1 atom stereocenters. The summed E-state index contributed by atoms with van der Waals surface area (Å²) >= 11 is 1.36. The van der Waals surface area contributed by atoms with Crippen LogP contribution in [0, 0.1) is 17.0 Å². The Kier molecular flexibility index (Phi) is 3.76. The third kappa shape index (κ3) is 2.78. The molecule has 4 rings (SSSR count). The summed E-state index contributed by atoms with van der Waals surface area (Å²) in [6.45, 7) is 2.52. The number of aryl methyl sites for hydroxylation is 1. The van der Waals surface area contributed by atoms with Crippen molar-refractivity contribution in [2.24, 2.45) is 0 Å². The number of aromatic nitrogens is 1. The number of nitrogens with zero attached hydrogens (tertiary/aromatic N) is 3. The number of nitro benzene ring substituents is 1. The van der Waals surface area contributed by atoms with Gasteiger partial charge in [0.15, 0.2) is 5.76 Å². The molecule has 8 heteroatoms. The number of nitro groups is 1. The molecule has 1 amide bonds. The largest absolute Gasteiger partial charge is 0.359 e. The zero-order valence-electron chi connectivity index (χ0n) is 13.5. The summed E-state index contributed by atoms with van der Waals surface area (Å²) in [7, 11) is 0. The molecule has 1 unspecified atom stereocenters. The number of benzene rings is 1. The van der Waals surface area contributed by atoms with E-state index in [1.807, 2.05) is 13.0 Å². The maximum Gasteiger partial charge on any atom is 0.270 e. The lowest BCUT2D eigenvalue weighted by molar-refractivity contribution is -0.384. The minimum atomic E-state index is -0.429. The molecule has 7 nitrogen and oxygen atoms in total. The molecule has 3 aromatic rings. The van der Waals surface area contributed by atoms with E-state index in [2.05, 4.69) is 5.16 Å². The van der Waals surface area contributed by atoms with Crippen molar-refractivity contribution in [1.82, 2.24) is 10.1 Å². The molecule has 25 heavy (non-hydrogen) atoms. The van der Waals surface area contributed by atoms with E-state index in [1.165, 1.54) is 23.5 Å². The zero-order chi connectivity index (χ0) is 17.6. The van der Waals surface area contributed by atoms with E-state index in [9.17, 15) is 14.9 Å². The van der Waals surface area contributed by atoms with Gasteiger partial charge in [-0.3, -0.25) is 14.9 Å². The van der Waals surface area contributed by atoms with Gasteiger partial charge in [-0.15, -0.1) is 11.3 Å². The molecule has 128 valence electrons. The Balaban J connectivity index is 1.65. The molecule has 0 saturated carbocycles. The number of non-ortho nitro benzene ring substituents is 1. The van der Waals surface area contributed by atoms with Crippen LogP contribution in [0.4, 0.5) is 5.69 Å². The molecular weight excluding hydrogens is 342 g/mol. The van der Waals surface area contributed by atoms with Gasteiger partial charge in [-0.05, 0) is 31.9 Å². The Bertz CT molecular complexity index is 977. The van der Waals surface area contributed by atoms with Crippen LogP contribution in [0.5, 0.6) is 0 Å². The molecule has 1 aliphatic rings. The number of hydrogen-bond donors (Lipinski definition) is 0. The third-order valence-corrected chi connectivity index (χ3v) is 5.51. The van der Waals surface area contributed by atoms with Crippen molar-refractivity contribution in [2.75, 3.05) is 6.54 Å². The van der Waals surface area contributed by atoms with Gasteiger partial charge in [-0.25, -0.2) is 0 Å². The van der Waals surface area contributed by atoms with E-state index in [0.29, 0.717) is 22.6 Å². The first-order valence-corrected chi connectivity index (χ1v) is 8.77. The van der Waals surface area contributed by atoms with Crippen LogP contribution in [0.25, 0.3) is 10.1 Å². The second-order valence-electron chi connectivity index (χ2n) is 6.12. The van der Waals surface area contributed by atoms with Crippen LogP contribution in [-0.2, 0) is 0 Å². The molecule has 0 radical (unpaired) electrons. The summed E-state index contributed by atoms with van der Waals surface area (Å²) in [6, 6.07) is 8.15. The molecule has 0 bridgehead atoms. The second kappa shape index (κ2) is 5.96. The van der Waals surface area contributed by atoms with E-state index < -0.39 is 4.92 Å². The number of carbonyl (C=O) groups is 1. The van der Waals surface area contributed by atoms with Crippen molar-refractivity contribution in [1.29, 1.82) is 0 Å². The predicted molar refractivity (Wildman–Crippen MR) is 92.7 cm³/mol. The molecule has 0 spiro atoms. The summed E-state index contributed by atoms with van der Waals surface area (Å²) in [4.78, 5) is 25.8. The Morgan fingerprint density at radius 2 is 2.24 bits per heavy atom. The summed E-state index contributed by atoms with van der Waals surface area (Å²) in [6.07, 6.45) is 1.75. The van der Waals surface area contributed by atoms with Crippen LogP contribution < -0.4 is 0 Å². The fourth-order valence-electron chi connectivity index (χ4n) is 3.24. The van der Waals surface area contributed by atoms with Gasteiger partial charge in [-0.2, -0.15) is 0 Å². The lowest BCUT2D eigenvalue weighted by Crippen LogP contribution is -2.29. The van der Waals surface area contributed by atoms with Gasteiger partial charge in [0, 0.05) is 34.8 Å². The van der Waals surface area contributed by atoms with Gasteiger partial charge in [0.05, 0.1) is 21.5 Å². The first-order chi connectivity index (χ1) is 12.0. The van der Waals surface area contributed by atoms with Gasteiger partial charge >= 0.3 is 0 Å². The topological polar surface area (TPSA) is 89.5 Å². The van der Waals surface area contributed by atoms with Crippen molar-refractivity contribution in [2.45, 2.75) is 25.8 Å². The highest BCUT2D eigenvalue weighted by atomic mass is 32.1. The number of thiophene rings is 1. The molecule has 1 saturated heterocycles. The number of fused-ring (bicyclic) bond motifs is 1. The van der Waals surface area contributed by atoms with E-state index in [4.69, 9.17) is 4.52 Å². The summed E-state index contributed by atoms with van der Waals surface area (Å²) < 4.78 is 6.21. The van der Waals surface area contributed by atoms with Gasteiger partial charge in [0.1, 0.15) is 0 Å². The van der Waals surface area contributed by atoms with Gasteiger partial charge in [0.25, 0.3) is 11.6 Å². The van der Waals surface area contributed by atoms with Crippen molar-refractivity contribution in [3.05, 3.63) is 56.8 Å². The van der Waals surface area contributed by atoms with Crippen LogP contribution in [0.1, 0.15) is 40.0 Å². The predicted octanol–water partition coefficient (Wildman–Crippen LogP) is 4.08. The van der Waals surface area contributed by atoms with E-state index in [0.717, 1.165) is 23.2 Å². The maximum absolute atomic E-state index is 13.0. The van der Waals surface area contributed by atoms with E-state index in [-0.39, 0.29) is 17.6 Å². The van der Waals surface area contributed by atoms with Gasteiger partial charge in [0.2, 0.25) is 0 Å². The van der Waals surface area contributed by atoms with Crippen molar-refractivity contribution < 1.29 is 14.2 Å². The summed E-state index contributed by atoms with van der Waals surface area (Å²) in [5.74, 6) is 0.639. The lowest BCUT2D eigenvalue weighted by Gasteiger charge is -2.21. The number of likely N-dealkylation sites (tertiary alicyclic amines) is 1. The Morgan fingerprint density at radius 3 is 2.96 bits per heavy atom. The first kappa shape index (κ1) is 15.8. The van der Waals surface area contributed by atoms with Crippen molar-refractivity contribution in [3.8, 4) is 0 Å². The monoisotopic (exact) mass is 357 g/mol. The summed E-state index contributed by atoms with van der Waals surface area (Å²) in [5, 5.41) is 15.5. The van der Waals surface area contributed by atoms with E-state index in [1.54, 1.807) is 17.0 Å². The fraction of sp³-hybridized carbons (Fsp3) is 0.294. The van der Waals surface area contributed by atoms with Crippen LogP contribution in [0.2, 0.25) is 0 Å². The Hall–Kier alpha value is -2.74. The highest BCUT2D eigenvalue weighted by molar-refractivity contribution is 7.20. The standard InChI is InChI=1S/C17H15N3O4S/c1-10-7-14(24-18-10)13-3-2-6-19(13)17(21)16-9-11-8-12(20(22)23)4-5-15(11)25-16/h4-5,7-9,13H,2-3,6H2,1H3. The lowest BCUT2D eigenvalue weighted by atomic mass is 10.1. The van der Waals surface area contributed by atoms with Crippen LogP contribution in [0.3, 0.4) is 0 Å². The van der Waals surface area contributed by atoms with E-state index >= 15 is 0 Å². The number of rotatable bonds is 3. The average Bonchev–Trinajstić information content (AvgIpc) is 3.31. The van der Waals surface area contributed by atoms with Crippen molar-refractivity contribution >= 4 is 33.0 Å². The minimum absolute atomic E-state index is 0.0282. The molecule has 1 aromatic carbocycles. The Labute approximate surface area is 147 Å². The van der Waals surface area contributed by atoms with Crippen LogP contribution >= 0.6 is 11.3 Å². The molecule has 1 aliphatic heterocycles. The molecule has 2 aromatic heterocycles. The normalized spacial score (nSPS) is 17.3. The molecule has 0 aliphatic carbocycles. The van der Waals surface area contributed by atoms with Crippen molar-refractivity contribution in [3.63, 3.8) is 0 Å². The van der Waals surface area contributed by atoms with Crippen LogP contribution in [-0.4, -0.2) is 27.4 Å². The minimum Gasteiger partial charge on any atom is -0.359 e. The average molecular weight is 357 g/mol. The number of carbonyl (C=O) groups excluding carboxylic acids is 1. The summed E-state index contributed by atoms with van der Waals surface area (Å²) in [5.41, 5.74) is 0.823. The molecule has 0 N–H and O–H groups in total. The SMILES string of the molecule is Cc1cc(C2CCCN2C(=O)c2cc3cc([N+](=O)[O-])ccc3s2)on1. The highest BCUT2D eigenvalue weighted by Crippen LogP contribution is 2.36. The fourth-order valence-corrected chi connectivity index (χ4v) is 4.24. The second-order valence-corrected chi connectivity index (χ2v) is 7.20. The first-order valence-electron chi connectivity index (χ1n) is 7.95. The highest BCUT2D eigenvalue weighted by Gasteiger charge is 2.33. The third-order valence-electron chi connectivity index (χ3n) is 4.41. The molecule has 1 fully saturated rings. The van der Waals surface area contributed by atoms with Gasteiger partial charge in [-0.1, -0.05) is 5.16 Å². The smallest absolute Gasteiger partial charge is 0.270 e. The zero-order valence-corrected chi connectivity index (χ0v) is 14.3. The maximum atomic E-state index is 13.0. The number of amides is 1.